The third kappa shape index (κ3) is 5.35. The number of halogens is 1. The Balaban J connectivity index is 2.01. The number of thioether (sulfide) groups is 1. The van der Waals surface area contributed by atoms with E-state index in [2.05, 4.69) is 17.1 Å². The SMILES string of the molecule is CCCCC(Sc1nnc(Cc2cccc(F)c2)o1)C(=O)OC. The summed E-state index contributed by atoms with van der Waals surface area (Å²) in [5.41, 5.74) is 0.751. The number of esters is 1. The molecule has 0 saturated carbocycles. The fourth-order valence-corrected chi connectivity index (χ4v) is 3.00. The Labute approximate surface area is 138 Å². The topological polar surface area (TPSA) is 65.2 Å². The zero-order valence-electron chi connectivity index (χ0n) is 13.1. The van der Waals surface area contributed by atoms with E-state index in [4.69, 9.17) is 9.15 Å². The molecule has 0 N–H and O–H groups in total. The monoisotopic (exact) mass is 338 g/mol. The zero-order valence-corrected chi connectivity index (χ0v) is 13.9. The van der Waals surface area contributed by atoms with Crippen molar-refractivity contribution >= 4 is 17.7 Å². The summed E-state index contributed by atoms with van der Waals surface area (Å²) in [6.45, 7) is 2.06. The molecule has 0 aliphatic heterocycles. The van der Waals surface area contributed by atoms with E-state index in [1.54, 1.807) is 12.1 Å². The number of rotatable bonds is 8. The van der Waals surface area contributed by atoms with E-state index in [-0.39, 0.29) is 17.0 Å². The predicted molar refractivity (Wildman–Crippen MR) is 84.7 cm³/mol. The number of nitrogens with zero attached hydrogens (tertiary/aromatic N) is 2. The predicted octanol–water partition coefficient (Wildman–Crippen LogP) is 3.62. The minimum atomic E-state index is -0.359. The smallest absolute Gasteiger partial charge is 0.319 e. The second-order valence-corrected chi connectivity index (χ2v) is 6.19. The van der Waals surface area contributed by atoms with Gasteiger partial charge in [-0.15, -0.1) is 10.2 Å². The number of hydrogen-bond donors (Lipinski definition) is 0. The van der Waals surface area contributed by atoms with E-state index in [1.165, 1.54) is 31.0 Å². The zero-order chi connectivity index (χ0) is 16.7. The molecule has 0 aliphatic carbocycles. The number of carbonyl (C=O) groups excluding carboxylic acids is 1. The van der Waals surface area contributed by atoms with Gasteiger partial charge in [-0.25, -0.2) is 4.39 Å². The van der Waals surface area contributed by atoms with Crippen LogP contribution in [0, 0.1) is 5.82 Å². The molecule has 124 valence electrons. The highest BCUT2D eigenvalue weighted by atomic mass is 32.2. The summed E-state index contributed by atoms with van der Waals surface area (Å²) < 4.78 is 23.5. The van der Waals surface area contributed by atoms with Crippen LogP contribution < -0.4 is 0 Å². The number of ether oxygens (including phenoxy) is 1. The van der Waals surface area contributed by atoms with Gasteiger partial charge in [0.1, 0.15) is 11.1 Å². The molecule has 1 aromatic carbocycles. The van der Waals surface area contributed by atoms with Gasteiger partial charge in [0.15, 0.2) is 0 Å². The number of methoxy groups -OCH3 is 1. The molecular formula is C16H19FN2O3S. The van der Waals surface area contributed by atoms with Crippen molar-refractivity contribution in [3.8, 4) is 0 Å². The van der Waals surface area contributed by atoms with Crippen LogP contribution in [-0.4, -0.2) is 28.5 Å². The van der Waals surface area contributed by atoms with Gasteiger partial charge in [0, 0.05) is 0 Å². The van der Waals surface area contributed by atoms with Gasteiger partial charge in [0.05, 0.1) is 13.5 Å². The molecule has 0 bridgehead atoms. The summed E-state index contributed by atoms with van der Waals surface area (Å²) in [6.07, 6.45) is 2.94. The first-order valence-electron chi connectivity index (χ1n) is 7.43. The molecule has 5 nitrogen and oxygen atoms in total. The van der Waals surface area contributed by atoms with Crippen molar-refractivity contribution in [2.45, 2.75) is 43.1 Å². The van der Waals surface area contributed by atoms with Crippen LogP contribution in [-0.2, 0) is 16.0 Å². The van der Waals surface area contributed by atoms with Gasteiger partial charge in [-0.2, -0.15) is 0 Å². The fourth-order valence-electron chi connectivity index (χ4n) is 2.05. The number of unbranched alkanes of at least 4 members (excludes halogenated alkanes) is 1. The van der Waals surface area contributed by atoms with Crippen molar-refractivity contribution in [1.82, 2.24) is 10.2 Å². The van der Waals surface area contributed by atoms with Gasteiger partial charge >= 0.3 is 5.97 Å². The van der Waals surface area contributed by atoms with Gasteiger partial charge in [0.2, 0.25) is 5.89 Å². The first-order valence-corrected chi connectivity index (χ1v) is 8.31. The lowest BCUT2D eigenvalue weighted by Gasteiger charge is -2.10. The van der Waals surface area contributed by atoms with Crippen LogP contribution in [0.3, 0.4) is 0 Å². The first-order chi connectivity index (χ1) is 11.1. The highest BCUT2D eigenvalue weighted by Gasteiger charge is 2.23. The van der Waals surface area contributed by atoms with Crippen LogP contribution in [0.2, 0.25) is 0 Å². The molecule has 0 spiro atoms. The van der Waals surface area contributed by atoms with E-state index in [0.717, 1.165) is 18.4 Å². The Bertz CT molecular complexity index is 648. The summed E-state index contributed by atoms with van der Waals surface area (Å²) in [6, 6.07) is 6.23. The van der Waals surface area contributed by atoms with Gasteiger partial charge in [0.25, 0.3) is 5.22 Å². The Morgan fingerprint density at radius 1 is 1.43 bits per heavy atom. The number of aromatic nitrogens is 2. The Kier molecular flexibility index (Phi) is 6.58. The molecule has 0 aliphatic rings. The highest BCUT2D eigenvalue weighted by Crippen LogP contribution is 2.27. The normalized spacial score (nSPS) is 12.1. The van der Waals surface area contributed by atoms with Gasteiger partial charge < -0.3 is 9.15 Å². The molecule has 0 saturated heterocycles. The van der Waals surface area contributed by atoms with Crippen molar-refractivity contribution < 1.29 is 18.3 Å². The van der Waals surface area contributed by atoms with Crippen LogP contribution in [0.4, 0.5) is 4.39 Å². The lowest BCUT2D eigenvalue weighted by Crippen LogP contribution is -2.18. The van der Waals surface area contributed by atoms with Gasteiger partial charge in [-0.3, -0.25) is 4.79 Å². The van der Waals surface area contributed by atoms with Crippen molar-refractivity contribution in [3.05, 3.63) is 41.5 Å². The molecule has 0 radical (unpaired) electrons. The molecule has 2 aromatic rings. The average molecular weight is 338 g/mol. The van der Waals surface area contributed by atoms with E-state index in [0.29, 0.717) is 24.0 Å². The van der Waals surface area contributed by atoms with Crippen molar-refractivity contribution in [1.29, 1.82) is 0 Å². The van der Waals surface area contributed by atoms with Crippen LogP contribution in [0.15, 0.2) is 33.9 Å². The number of carbonyl (C=O) groups is 1. The molecule has 7 heteroatoms. The first kappa shape index (κ1) is 17.5. The largest absolute Gasteiger partial charge is 0.468 e. The van der Waals surface area contributed by atoms with Gasteiger partial charge in [-0.05, 0) is 24.1 Å². The molecule has 1 heterocycles. The van der Waals surface area contributed by atoms with Crippen molar-refractivity contribution in [2.24, 2.45) is 0 Å². The summed E-state index contributed by atoms with van der Waals surface area (Å²) >= 11 is 1.21. The molecule has 2 rings (SSSR count). The molecule has 0 fully saturated rings. The summed E-state index contributed by atoms with van der Waals surface area (Å²) in [4.78, 5) is 11.8. The summed E-state index contributed by atoms with van der Waals surface area (Å²) in [5, 5.41) is 7.85. The maximum atomic E-state index is 13.2. The van der Waals surface area contributed by atoms with E-state index in [9.17, 15) is 9.18 Å². The average Bonchev–Trinajstić information content (AvgIpc) is 2.97. The molecule has 1 atom stereocenters. The highest BCUT2D eigenvalue weighted by molar-refractivity contribution is 8.00. The van der Waals surface area contributed by atoms with Crippen molar-refractivity contribution in [2.75, 3.05) is 7.11 Å². The maximum absolute atomic E-state index is 13.2. The minimum Gasteiger partial charge on any atom is -0.468 e. The second-order valence-electron chi connectivity index (χ2n) is 5.04. The third-order valence-electron chi connectivity index (χ3n) is 3.22. The Morgan fingerprint density at radius 3 is 2.96 bits per heavy atom. The summed E-state index contributed by atoms with van der Waals surface area (Å²) in [7, 11) is 1.37. The Morgan fingerprint density at radius 2 is 2.26 bits per heavy atom. The standard InChI is InChI=1S/C16H19FN2O3S/c1-3-4-8-13(15(20)21-2)23-16-19-18-14(22-16)10-11-6-5-7-12(17)9-11/h5-7,9,13H,3-4,8,10H2,1-2H3. The van der Waals surface area contributed by atoms with E-state index in [1.807, 2.05) is 0 Å². The number of hydrogen-bond acceptors (Lipinski definition) is 6. The van der Waals surface area contributed by atoms with E-state index >= 15 is 0 Å². The minimum absolute atomic E-state index is 0.298. The van der Waals surface area contributed by atoms with Crippen LogP contribution in [0.5, 0.6) is 0 Å². The molecule has 1 unspecified atom stereocenters. The lowest BCUT2D eigenvalue weighted by atomic mass is 10.1. The molecule has 1 aromatic heterocycles. The fraction of sp³-hybridized carbons (Fsp3) is 0.438. The third-order valence-corrected chi connectivity index (χ3v) is 4.30. The quantitative estimate of drug-likeness (QED) is 0.541. The molecule has 23 heavy (non-hydrogen) atoms. The Hall–Kier alpha value is -1.89. The number of benzene rings is 1. The van der Waals surface area contributed by atoms with Crippen LogP contribution in [0.1, 0.15) is 37.6 Å². The summed E-state index contributed by atoms with van der Waals surface area (Å²) in [5.74, 6) is -0.215. The van der Waals surface area contributed by atoms with Gasteiger partial charge in [-0.1, -0.05) is 43.7 Å². The maximum Gasteiger partial charge on any atom is 0.319 e. The van der Waals surface area contributed by atoms with Crippen molar-refractivity contribution in [3.63, 3.8) is 0 Å². The molecular weight excluding hydrogens is 319 g/mol. The molecule has 0 amide bonds. The van der Waals surface area contributed by atoms with Crippen LogP contribution in [0.25, 0.3) is 0 Å². The van der Waals surface area contributed by atoms with Crippen LogP contribution >= 0.6 is 11.8 Å². The lowest BCUT2D eigenvalue weighted by molar-refractivity contribution is -0.140. The second kappa shape index (κ2) is 8.67. The van der Waals surface area contributed by atoms with E-state index < -0.39 is 0 Å².